The van der Waals surface area contributed by atoms with Gasteiger partial charge in [0.15, 0.2) is 0 Å². The number of nitrogens with zero attached hydrogens (tertiary/aromatic N) is 2. The van der Waals surface area contributed by atoms with Crippen LogP contribution < -0.4 is 5.32 Å². The highest BCUT2D eigenvalue weighted by molar-refractivity contribution is 5.68. The summed E-state index contributed by atoms with van der Waals surface area (Å²) in [5, 5.41) is 12.3. The summed E-state index contributed by atoms with van der Waals surface area (Å²) in [5.41, 5.74) is 0.711. The first-order valence-corrected chi connectivity index (χ1v) is 8.03. The van der Waals surface area contributed by atoms with E-state index in [1.165, 1.54) is 5.56 Å². The van der Waals surface area contributed by atoms with Crippen LogP contribution in [0.5, 0.6) is 0 Å². The molecular weight excluding hydrogens is 290 g/mol. The molecule has 0 spiro atoms. The van der Waals surface area contributed by atoms with Crippen LogP contribution in [0.2, 0.25) is 0 Å². The van der Waals surface area contributed by atoms with Gasteiger partial charge in [-0.2, -0.15) is 5.26 Å². The molecule has 0 aliphatic carbocycles. The number of benzene rings is 1. The Balaban J connectivity index is 1.89. The van der Waals surface area contributed by atoms with Crippen LogP contribution in [0.1, 0.15) is 32.8 Å². The van der Waals surface area contributed by atoms with Crippen molar-refractivity contribution in [3.63, 3.8) is 0 Å². The van der Waals surface area contributed by atoms with E-state index >= 15 is 0 Å². The molecule has 124 valence electrons. The molecule has 1 aliphatic rings. The number of likely N-dealkylation sites (tertiary alicyclic amines) is 1. The number of piperidine rings is 1. The molecule has 1 saturated heterocycles. The van der Waals surface area contributed by atoms with Crippen molar-refractivity contribution in [2.45, 2.75) is 45.4 Å². The molecule has 2 atom stereocenters. The quantitative estimate of drug-likeness (QED) is 0.931. The molecule has 1 aliphatic heterocycles. The topological polar surface area (TPSA) is 65.4 Å². The minimum Gasteiger partial charge on any atom is -0.444 e. The summed E-state index contributed by atoms with van der Waals surface area (Å²) in [5.74, 6) is -0.222. The number of carbonyl (C=O) groups is 1. The Bertz CT molecular complexity index is 560. The summed E-state index contributed by atoms with van der Waals surface area (Å²) in [6, 6.07) is 12.4. The van der Waals surface area contributed by atoms with Gasteiger partial charge >= 0.3 is 6.09 Å². The van der Waals surface area contributed by atoms with Crippen LogP contribution >= 0.6 is 0 Å². The third kappa shape index (κ3) is 5.57. The molecule has 0 unspecified atom stereocenters. The molecule has 1 fully saturated rings. The molecule has 23 heavy (non-hydrogen) atoms. The first-order chi connectivity index (χ1) is 10.9. The van der Waals surface area contributed by atoms with Gasteiger partial charge in [0.05, 0.1) is 18.0 Å². The molecule has 1 N–H and O–H groups in total. The van der Waals surface area contributed by atoms with Gasteiger partial charge in [0.2, 0.25) is 0 Å². The predicted molar refractivity (Wildman–Crippen MR) is 88.6 cm³/mol. The van der Waals surface area contributed by atoms with Crippen LogP contribution in [0.4, 0.5) is 4.79 Å². The largest absolute Gasteiger partial charge is 0.444 e. The molecule has 1 aromatic carbocycles. The fourth-order valence-electron chi connectivity index (χ4n) is 2.77. The van der Waals surface area contributed by atoms with Gasteiger partial charge in [0, 0.05) is 19.6 Å². The SMILES string of the molecule is CC(C)(C)OC(=O)N[C@@H]1CCN(Cc2ccccc2)C[C@@H]1C#N. The second kappa shape index (κ2) is 7.47. The van der Waals surface area contributed by atoms with Crippen molar-refractivity contribution in [2.24, 2.45) is 5.92 Å². The van der Waals surface area contributed by atoms with Gasteiger partial charge in [-0.3, -0.25) is 4.90 Å². The zero-order valence-corrected chi connectivity index (χ0v) is 14.1. The summed E-state index contributed by atoms with van der Waals surface area (Å²) in [6.07, 6.45) is 0.309. The summed E-state index contributed by atoms with van der Waals surface area (Å²) in [4.78, 5) is 14.2. The Morgan fingerprint density at radius 3 is 2.70 bits per heavy atom. The van der Waals surface area contributed by atoms with E-state index in [0.717, 1.165) is 19.5 Å². The minimum atomic E-state index is -0.528. The zero-order chi connectivity index (χ0) is 16.9. The molecule has 0 saturated carbocycles. The van der Waals surface area contributed by atoms with E-state index < -0.39 is 11.7 Å². The Kier molecular flexibility index (Phi) is 5.62. The average Bonchev–Trinajstić information content (AvgIpc) is 2.48. The van der Waals surface area contributed by atoms with Gasteiger partial charge in [0.25, 0.3) is 0 Å². The second-order valence-corrected chi connectivity index (χ2v) is 7.00. The maximum atomic E-state index is 11.9. The Morgan fingerprint density at radius 1 is 1.39 bits per heavy atom. The average molecular weight is 315 g/mol. The molecule has 1 amide bonds. The van der Waals surface area contributed by atoms with E-state index in [1.807, 2.05) is 39.0 Å². The molecule has 1 heterocycles. The Hall–Kier alpha value is -2.06. The number of nitriles is 1. The highest BCUT2D eigenvalue weighted by Crippen LogP contribution is 2.19. The number of carbonyl (C=O) groups excluding carboxylic acids is 1. The third-order valence-electron chi connectivity index (χ3n) is 3.81. The predicted octanol–water partition coefficient (Wildman–Crippen LogP) is 2.93. The van der Waals surface area contributed by atoms with Crippen LogP contribution in [-0.2, 0) is 11.3 Å². The fourth-order valence-corrected chi connectivity index (χ4v) is 2.77. The summed E-state index contributed by atoms with van der Waals surface area (Å²) < 4.78 is 5.28. The summed E-state index contributed by atoms with van der Waals surface area (Å²) >= 11 is 0. The van der Waals surface area contributed by atoms with Crippen LogP contribution in [0.3, 0.4) is 0 Å². The van der Waals surface area contributed by atoms with Gasteiger partial charge in [0.1, 0.15) is 5.60 Å². The molecule has 5 nitrogen and oxygen atoms in total. The van der Waals surface area contributed by atoms with Crippen LogP contribution in [0.15, 0.2) is 30.3 Å². The van der Waals surface area contributed by atoms with Crippen molar-refractivity contribution in [3.8, 4) is 6.07 Å². The first kappa shape index (κ1) is 17.3. The number of ether oxygens (including phenoxy) is 1. The Morgan fingerprint density at radius 2 is 2.09 bits per heavy atom. The maximum Gasteiger partial charge on any atom is 0.407 e. The number of alkyl carbamates (subject to hydrolysis) is 1. The summed E-state index contributed by atoms with van der Waals surface area (Å²) in [7, 11) is 0. The van der Waals surface area contributed by atoms with Crippen molar-refractivity contribution in [1.29, 1.82) is 5.26 Å². The second-order valence-electron chi connectivity index (χ2n) is 7.00. The van der Waals surface area contributed by atoms with E-state index in [9.17, 15) is 10.1 Å². The van der Waals surface area contributed by atoms with Crippen LogP contribution in [-0.4, -0.2) is 35.7 Å². The van der Waals surface area contributed by atoms with Gasteiger partial charge in [-0.15, -0.1) is 0 Å². The molecule has 0 radical (unpaired) electrons. The van der Waals surface area contributed by atoms with E-state index in [-0.39, 0.29) is 12.0 Å². The standard InChI is InChI=1S/C18H25N3O2/c1-18(2,3)23-17(22)20-16-9-10-21(13-15(16)11-19)12-14-7-5-4-6-8-14/h4-8,15-16H,9-10,12-13H2,1-3H3,(H,20,22)/t15-,16+/m0/s1. The van der Waals surface area contributed by atoms with Gasteiger partial charge in [-0.25, -0.2) is 4.79 Å². The lowest BCUT2D eigenvalue weighted by molar-refractivity contribution is 0.0455. The normalized spacial score (nSPS) is 22.2. The Labute approximate surface area is 138 Å². The van der Waals surface area contributed by atoms with E-state index in [1.54, 1.807) is 0 Å². The summed E-state index contributed by atoms with van der Waals surface area (Å²) in [6.45, 7) is 7.84. The number of hydrogen-bond donors (Lipinski definition) is 1. The third-order valence-corrected chi connectivity index (χ3v) is 3.81. The lowest BCUT2D eigenvalue weighted by atomic mass is 9.93. The van der Waals surface area contributed by atoms with Crippen molar-refractivity contribution in [1.82, 2.24) is 10.2 Å². The van der Waals surface area contributed by atoms with Gasteiger partial charge < -0.3 is 10.1 Å². The molecule has 2 rings (SSSR count). The minimum absolute atomic E-state index is 0.151. The smallest absolute Gasteiger partial charge is 0.407 e. The maximum absolute atomic E-state index is 11.9. The zero-order valence-electron chi connectivity index (χ0n) is 14.1. The van der Waals surface area contributed by atoms with Crippen molar-refractivity contribution in [2.75, 3.05) is 13.1 Å². The highest BCUT2D eigenvalue weighted by atomic mass is 16.6. The van der Waals surface area contributed by atoms with E-state index in [4.69, 9.17) is 4.74 Å². The first-order valence-electron chi connectivity index (χ1n) is 8.03. The number of rotatable bonds is 3. The molecule has 0 bridgehead atoms. The van der Waals surface area contributed by atoms with Crippen molar-refractivity contribution in [3.05, 3.63) is 35.9 Å². The number of amides is 1. The number of hydrogen-bond acceptors (Lipinski definition) is 4. The van der Waals surface area contributed by atoms with Crippen molar-refractivity contribution >= 4 is 6.09 Å². The van der Waals surface area contributed by atoms with E-state index in [2.05, 4.69) is 28.4 Å². The van der Waals surface area contributed by atoms with Crippen LogP contribution in [0.25, 0.3) is 0 Å². The van der Waals surface area contributed by atoms with Crippen molar-refractivity contribution < 1.29 is 9.53 Å². The highest BCUT2D eigenvalue weighted by Gasteiger charge is 2.31. The molecule has 1 aromatic rings. The monoisotopic (exact) mass is 315 g/mol. The van der Waals surface area contributed by atoms with Gasteiger partial charge in [-0.05, 0) is 32.8 Å². The van der Waals surface area contributed by atoms with E-state index in [0.29, 0.717) is 6.54 Å². The number of nitrogens with one attached hydrogen (secondary N) is 1. The lowest BCUT2D eigenvalue weighted by Gasteiger charge is -2.36. The fraction of sp³-hybridized carbons (Fsp3) is 0.556. The van der Waals surface area contributed by atoms with Gasteiger partial charge in [-0.1, -0.05) is 30.3 Å². The molecular formula is C18H25N3O2. The lowest BCUT2D eigenvalue weighted by Crippen LogP contribution is -2.51. The molecule has 0 aromatic heterocycles. The van der Waals surface area contributed by atoms with Crippen LogP contribution in [0, 0.1) is 17.2 Å². The molecule has 5 heteroatoms.